The lowest BCUT2D eigenvalue weighted by molar-refractivity contribution is -0.384. The maximum Gasteiger partial charge on any atom is 0.271 e. The molecule has 0 bridgehead atoms. The quantitative estimate of drug-likeness (QED) is 0.675. The van der Waals surface area contributed by atoms with Crippen molar-refractivity contribution in [1.29, 1.82) is 0 Å². The first kappa shape index (κ1) is 13.1. The molecule has 0 radical (unpaired) electrons. The fraction of sp³-hybridized carbons (Fsp3) is 0.500. The third-order valence-corrected chi connectivity index (χ3v) is 3.35. The Labute approximate surface area is 110 Å². The predicted octanol–water partition coefficient (Wildman–Crippen LogP) is 2.63. The zero-order chi connectivity index (χ0) is 13.0. The lowest BCUT2D eigenvalue weighted by Gasteiger charge is -2.22. The molecular weight excluding hydrogens is 256 g/mol. The Morgan fingerprint density at radius 2 is 2.17 bits per heavy atom. The van der Waals surface area contributed by atoms with Crippen molar-refractivity contribution >= 4 is 17.3 Å². The van der Waals surface area contributed by atoms with Gasteiger partial charge in [0.15, 0.2) is 0 Å². The first-order chi connectivity index (χ1) is 8.66. The molecule has 98 valence electrons. The van der Waals surface area contributed by atoms with Crippen LogP contribution >= 0.6 is 11.6 Å². The molecule has 0 aromatic heterocycles. The predicted molar refractivity (Wildman–Crippen MR) is 69.2 cm³/mol. The normalized spacial score (nSPS) is 16.5. The molecule has 1 aliphatic rings. The molecule has 1 aromatic carbocycles. The van der Waals surface area contributed by atoms with Gasteiger partial charge in [0.1, 0.15) is 5.75 Å². The van der Waals surface area contributed by atoms with Gasteiger partial charge < -0.3 is 10.1 Å². The van der Waals surface area contributed by atoms with Crippen molar-refractivity contribution in [2.75, 3.05) is 19.7 Å². The molecule has 18 heavy (non-hydrogen) atoms. The minimum Gasteiger partial charge on any atom is -0.492 e. The summed E-state index contributed by atoms with van der Waals surface area (Å²) in [5.41, 5.74) is -0.0192. The standard InChI is InChI=1S/C12H15ClN2O3/c13-11-7-10(15(16)17)1-2-12(11)18-8-9-3-5-14-6-4-9/h1-2,7,9,14H,3-6,8H2. The van der Waals surface area contributed by atoms with E-state index in [9.17, 15) is 10.1 Å². The van der Waals surface area contributed by atoms with Gasteiger partial charge in [-0.2, -0.15) is 0 Å². The van der Waals surface area contributed by atoms with E-state index in [1.165, 1.54) is 12.1 Å². The molecule has 5 nitrogen and oxygen atoms in total. The Bertz CT molecular complexity index is 433. The van der Waals surface area contributed by atoms with Gasteiger partial charge in [-0.15, -0.1) is 0 Å². The molecule has 0 spiro atoms. The van der Waals surface area contributed by atoms with Gasteiger partial charge in [0, 0.05) is 12.1 Å². The first-order valence-corrected chi connectivity index (χ1v) is 6.32. The summed E-state index contributed by atoms with van der Waals surface area (Å²) >= 11 is 5.95. The molecular formula is C12H15ClN2O3. The molecule has 0 atom stereocenters. The van der Waals surface area contributed by atoms with Crippen molar-refractivity contribution in [2.45, 2.75) is 12.8 Å². The van der Waals surface area contributed by atoms with Crippen LogP contribution in [-0.4, -0.2) is 24.6 Å². The molecule has 1 N–H and O–H groups in total. The third-order valence-electron chi connectivity index (χ3n) is 3.06. The molecule has 1 heterocycles. The Morgan fingerprint density at radius 1 is 1.44 bits per heavy atom. The summed E-state index contributed by atoms with van der Waals surface area (Å²) in [6, 6.07) is 4.28. The van der Waals surface area contributed by atoms with E-state index in [2.05, 4.69) is 5.32 Å². The highest BCUT2D eigenvalue weighted by molar-refractivity contribution is 6.32. The molecule has 0 amide bonds. The third kappa shape index (κ3) is 3.34. The van der Waals surface area contributed by atoms with Gasteiger partial charge in [0.05, 0.1) is 16.6 Å². The van der Waals surface area contributed by atoms with Crippen LogP contribution in [0.5, 0.6) is 5.75 Å². The van der Waals surface area contributed by atoms with Crippen molar-refractivity contribution in [3.63, 3.8) is 0 Å². The summed E-state index contributed by atoms with van der Waals surface area (Å²) in [5.74, 6) is 1.04. The summed E-state index contributed by atoms with van der Waals surface area (Å²) in [7, 11) is 0. The van der Waals surface area contributed by atoms with Crippen LogP contribution < -0.4 is 10.1 Å². The molecule has 0 aliphatic carbocycles. The number of non-ortho nitro benzene ring substituents is 1. The number of nitrogens with one attached hydrogen (secondary N) is 1. The molecule has 0 saturated carbocycles. The monoisotopic (exact) mass is 270 g/mol. The summed E-state index contributed by atoms with van der Waals surface area (Å²) in [6.45, 7) is 2.64. The van der Waals surface area contributed by atoms with E-state index in [1.54, 1.807) is 6.07 Å². The molecule has 1 saturated heterocycles. The van der Waals surface area contributed by atoms with Gasteiger partial charge in [-0.25, -0.2) is 0 Å². The fourth-order valence-corrected chi connectivity index (χ4v) is 2.21. The van der Waals surface area contributed by atoms with Gasteiger partial charge in [0.25, 0.3) is 5.69 Å². The lowest BCUT2D eigenvalue weighted by atomic mass is 9.99. The van der Waals surface area contributed by atoms with Crippen LogP contribution in [-0.2, 0) is 0 Å². The highest BCUT2D eigenvalue weighted by atomic mass is 35.5. The van der Waals surface area contributed by atoms with E-state index in [0.717, 1.165) is 25.9 Å². The van der Waals surface area contributed by atoms with Crippen LogP contribution in [0.4, 0.5) is 5.69 Å². The van der Waals surface area contributed by atoms with Gasteiger partial charge in [-0.1, -0.05) is 11.6 Å². The van der Waals surface area contributed by atoms with Crippen LogP contribution in [0.15, 0.2) is 18.2 Å². The average Bonchev–Trinajstić information content (AvgIpc) is 2.38. The smallest absolute Gasteiger partial charge is 0.271 e. The molecule has 2 rings (SSSR count). The summed E-state index contributed by atoms with van der Waals surface area (Å²) < 4.78 is 5.63. The number of nitrogens with zero attached hydrogens (tertiary/aromatic N) is 1. The minimum atomic E-state index is -0.470. The van der Waals surface area contributed by atoms with E-state index in [1.807, 2.05) is 0 Å². The maximum atomic E-state index is 10.6. The topological polar surface area (TPSA) is 64.4 Å². The highest BCUT2D eigenvalue weighted by Crippen LogP contribution is 2.29. The van der Waals surface area contributed by atoms with Crippen molar-refractivity contribution in [1.82, 2.24) is 5.32 Å². The van der Waals surface area contributed by atoms with Gasteiger partial charge in [-0.05, 0) is 37.9 Å². The van der Waals surface area contributed by atoms with Gasteiger partial charge >= 0.3 is 0 Å². The zero-order valence-corrected chi connectivity index (χ0v) is 10.7. The summed E-state index contributed by atoms with van der Waals surface area (Å²) in [4.78, 5) is 10.1. The molecule has 6 heteroatoms. The van der Waals surface area contributed by atoms with Crippen molar-refractivity contribution in [2.24, 2.45) is 5.92 Å². The summed E-state index contributed by atoms with van der Waals surface area (Å²) in [6.07, 6.45) is 2.18. The number of nitro groups is 1. The van der Waals surface area contributed by atoms with E-state index in [-0.39, 0.29) is 10.7 Å². The van der Waals surface area contributed by atoms with Crippen molar-refractivity contribution in [3.05, 3.63) is 33.3 Å². The lowest BCUT2D eigenvalue weighted by Crippen LogP contribution is -2.30. The van der Waals surface area contributed by atoms with E-state index in [0.29, 0.717) is 18.3 Å². The Balaban J connectivity index is 1.94. The number of rotatable bonds is 4. The first-order valence-electron chi connectivity index (χ1n) is 5.94. The molecule has 1 aromatic rings. The second-order valence-electron chi connectivity index (χ2n) is 4.38. The number of hydrogen-bond donors (Lipinski definition) is 1. The largest absolute Gasteiger partial charge is 0.492 e. The average molecular weight is 271 g/mol. The van der Waals surface area contributed by atoms with E-state index in [4.69, 9.17) is 16.3 Å². The number of benzene rings is 1. The molecule has 1 aliphatic heterocycles. The summed E-state index contributed by atoms with van der Waals surface area (Å²) in [5, 5.41) is 14.1. The Morgan fingerprint density at radius 3 is 2.78 bits per heavy atom. The van der Waals surface area contributed by atoms with Crippen LogP contribution in [0.2, 0.25) is 5.02 Å². The minimum absolute atomic E-state index is 0.0192. The van der Waals surface area contributed by atoms with Gasteiger partial charge in [0.2, 0.25) is 0 Å². The second-order valence-corrected chi connectivity index (χ2v) is 4.78. The second kappa shape index (κ2) is 6.02. The fourth-order valence-electron chi connectivity index (χ4n) is 1.98. The maximum absolute atomic E-state index is 10.6. The van der Waals surface area contributed by atoms with Crippen LogP contribution in [0.1, 0.15) is 12.8 Å². The number of nitro benzene ring substituents is 1. The molecule has 1 fully saturated rings. The SMILES string of the molecule is O=[N+]([O-])c1ccc(OCC2CCNCC2)c(Cl)c1. The number of hydrogen-bond acceptors (Lipinski definition) is 4. The Kier molecular flexibility index (Phi) is 4.38. The van der Waals surface area contributed by atoms with Crippen molar-refractivity contribution in [3.8, 4) is 5.75 Å². The van der Waals surface area contributed by atoms with E-state index < -0.39 is 4.92 Å². The van der Waals surface area contributed by atoms with Crippen LogP contribution in [0.3, 0.4) is 0 Å². The van der Waals surface area contributed by atoms with Gasteiger partial charge in [-0.3, -0.25) is 10.1 Å². The van der Waals surface area contributed by atoms with Crippen LogP contribution in [0, 0.1) is 16.0 Å². The van der Waals surface area contributed by atoms with Crippen LogP contribution in [0.25, 0.3) is 0 Å². The highest BCUT2D eigenvalue weighted by Gasteiger charge is 2.15. The van der Waals surface area contributed by atoms with Crippen molar-refractivity contribution < 1.29 is 9.66 Å². The zero-order valence-electron chi connectivity index (χ0n) is 9.89. The number of halogens is 1. The number of piperidine rings is 1. The number of ether oxygens (including phenoxy) is 1. The van der Waals surface area contributed by atoms with E-state index >= 15 is 0 Å². The molecule has 0 unspecified atom stereocenters. The Hall–Kier alpha value is -1.33.